The van der Waals surface area contributed by atoms with Crippen LogP contribution in [0.1, 0.15) is 29.9 Å². The minimum atomic E-state index is -0.150. The van der Waals surface area contributed by atoms with Crippen molar-refractivity contribution in [2.45, 2.75) is 37.5 Å². The Bertz CT molecular complexity index is 1430. The van der Waals surface area contributed by atoms with E-state index in [1.807, 2.05) is 54.6 Å². The number of amides is 1. The van der Waals surface area contributed by atoms with Gasteiger partial charge in [0.25, 0.3) is 5.91 Å². The van der Waals surface area contributed by atoms with Gasteiger partial charge in [-0.25, -0.2) is 9.97 Å². The van der Waals surface area contributed by atoms with Gasteiger partial charge in [-0.15, -0.1) is 0 Å². The number of hydrogen-bond donors (Lipinski definition) is 1. The molecule has 0 saturated carbocycles. The van der Waals surface area contributed by atoms with E-state index in [1.165, 1.54) is 11.8 Å². The number of pyridine rings is 3. The highest BCUT2D eigenvalue weighted by atomic mass is 32.2. The van der Waals surface area contributed by atoms with Crippen LogP contribution in [0.2, 0.25) is 0 Å². The molecule has 1 amide bonds. The number of carbonyl (C=O) groups excluding carboxylic acids is 1. The number of thioether (sulfide) groups is 1. The van der Waals surface area contributed by atoms with E-state index < -0.39 is 0 Å². The van der Waals surface area contributed by atoms with Crippen molar-refractivity contribution in [2.24, 2.45) is 0 Å². The molecule has 3 aromatic heterocycles. The second-order valence-electron chi connectivity index (χ2n) is 9.10. The van der Waals surface area contributed by atoms with Gasteiger partial charge in [0.05, 0.1) is 41.4 Å². The van der Waals surface area contributed by atoms with Gasteiger partial charge in [-0.1, -0.05) is 30.5 Å². The number of nitrogens with one attached hydrogen (secondary N) is 1. The zero-order valence-electron chi connectivity index (χ0n) is 20.9. The second kappa shape index (κ2) is 11.1. The summed E-state index contributed by atoms with van der Waals surface area (Å²) in [5.41, 5.74) is 3.75. The molecule has 1 N–H and O–H groups in total. The van der Waals surface area contributed by atoms with E-state index in [2.05, 4.69) is 35.6 Å². The molecule has 1 aliphatic rings. The van der Waals surface area contributed by atoms with Crippen LogP contribution in [0.25, 0.3) is 22.3 Å². The third kappa shape index (κ3) is 5.98. The molecular weight excluding hydrogens is 482 g/mol. The van der Waals surface area contributed by atoms with Gasteiger partial charge in [0.2, 0.25) is 0 Å². The summed E-state index contributed by atoms with van der Waals surface area (Å²) in [5.74, 6) is 0.776. The minimum absolute atomic E-state index is 0.150. The van der Waals surface area contributed by atoms with E-state index in [-0.39, 0.29) is 18.1 Å². The van der Waals surface area contributed by atoms with Gasteiger partial charge in [-0.05, 0) is 67.8 Å². The lowest BCUT2D eigenvalue weighted by molar-refractivity contribution is -0.00545. The molecule has 8 heteroatoms. The zero-order valence-corrected chi connectivity index (χ0v) is 21.7. The number of anilines is 1. The van der Waals surface area contributed by atoms with E-state index in [1.54, 1.807) is 17.7 Å². The maximum absolute atomic E-state index is 12.7. The number of nitrogens with zero attached hydrogens (tertiary/aromatic N) is 4. The Hall–Kier alpha value is -3.75. The average Bonchev–Trinajstić information content (AvgIpc) is 2.91. The van der Waals surface area contributed by atoms with Gasteiger partial charge in [0.15, 0.2) is 0 Å². The smallest absolute Gasteiger partial charge is 0.251 e. The Kier molecular flexibility index (Phi) is 7.48. The van der Waals surface area contributed by atoms with Crippen molar-refractivity contribution in [2.75, 3.05) is 18.0 Å². The highest BCUT2D eigenvalue weighted by molar-refractivity contribution is 8.02. The molecule has 0 aliphatic carbocycles. The third-order valence-electron chi connectivity index (χ3n) is 6.12. The van der Waals surface area contributed by atoms with Crippen molar-refractivity contribution in [1.29, 1.82) is 0 Å². The number of fused-ring (bicyclic) bond motifs is 1. The van der Waals surface area contributed by atoms with Crippen LogP contribution < -0.4 is 10.2 Å². The van der Waals surface area contributed by atoms with Gasteiger partial charge in [-0.2, -0.15) is 0 Å². The molecule has 1 aliphatic heterocycles. The lowest BCUT2D eigenvalue weighted by atomic mass is 10.1. The summed E-state index contributed by atoms with van der Waals surface area (Å²) in [6.07, 6.45) is 2.11. The quantitative estimate of drug-likeness (QED) is 0.330. The summed E-state index contributed by atoms with van der Waals surface area (Å²) in [5, 5.41) is 5.63. The molecule has 2 atom stereocenters. The Morgan fingerprint density at radius 1 is 1.08 bits per heavy atom. The molecule has 4 aromatic rings. The van der Waals surface area contributed by atoms with Gasteiger partial charge >= 0.3 is 0 Å². The molecule has 0 bridgehead atoms. The van der Waals surface area contributed by atoms with Crippen molar-refractivity contribution in [3.63, 3.8) is 0 Å². The third-order valence-corrected chi connectivity index (χ3v) is 6.81. The molecule has 1 aromatic carbocycles. The molecule has 0 radical (unpaired) electrons. The van der Waals surface area contributed by atoms with Crippen molar-refractivity contribution >= 4 is 34.4 Å². The number of carbonyl (C=O) groups is 1. The fraction of sp³-hybridized carbons (Fsp3) is 0.241. The monoisotopic (exact) mass is 511 g/mol. The van der Waals surface area contributed by atoms with Gasteiger partial charge in [-0.3, -0.25) is 9.78 Å². The number of rotatable bonds is 7. The molecule has 188 valence electrons. The van der Waals surface area contributed by atoms with Crippen molar-refractivity contribution < 1.29 is 9.53 Å². The van der Waals surface area contributed by atoms with E-state index in [9.17, 15) is 4.79 Å². The van der Waals surface area contributed by atoms with E-state index in [4.69, 9.17) is 14.7 Å². The first kappa shape index (κ1) is 24.9. The molecular formula is C29H29N5O2S. The Morgan fingerprint density at radius 2 is 1.86 bits per heavy atom. The SMILES string of the molecule is C=CSc1cccc(C(=O)NCc2cc3nc(-c4cccc(N5CC(C)OC(C)C5)n4)ccc3cn2)c1. The van der Waals surface area contributed by atoms with Crippen LogP contribution in [0.4, 0.5) is 5.82 Å². The summed E-state index contributed by atoms with van der Waals surface area (Å²) >= 11 is 1.48. The Balaban J connectivity index is 1.33. The highest BCUT2D eigenvalue weighted by Crippen LogP contribution is 2.24. The van der Waals surface area contributed by atoms with Crippen LogP contribution >= 0.6 is 11.8 Å². The highest BCUT2D eigenvalue weighted by Gasteiger charge is 2.23. The standard InChI is InChI=1S/C29H29N5O2S/c1-4-37-24-8-5-7-21(13-24)29(35)31-16-23-14-27-22(15-30-23)11-12-26(32-27)25-9-6-10-28(33-25)34-17-19(2)36-20(3)18-34/h4-15,19-20H,1,16-18H2,2-3H3,(H,31,35). The van der Waals surface area contributed by atoms with E-state index >= 15 is 0 Å². The van der Waals surface area contributed by atoms with Crippen molar-refractivity contribution in [3.05, 3.63) is 90.1 Å². The molecule has 1 saturated heterocycles. The first-order valence-electron chi connectivity index (χ1n) is 12.3. The molecule has 2 unspecified atom stereocenters. The first-order chi connectivity index (χ1) is 18.0. The number of benzene rings is 1. The van der Waals surface area contributed by atoms with Crippen LogP contribution in [-0.2, 0) is 11.3 Å². The molecule has 5 rings (SSSR count). The number of ether oxygens (including phenoxy) is 1. The predicted molar refractivity (Wildman–Crippen MR) is 149 cm³/mol. The lowest BCUT2D eigenvalue weighted by Gasteiger charge is -2.36. The van der Waals surface area contributed by atoms with Gasteiger partial charge in [0, 0.05) is 35.1 Å². The summed E-state index contributed by atoms with van der Waals surface area (Å²) in [7, 11) is 0. The summed E-state index contributed by atoms with van der Waals surface area (Å²) in [6, 6.07) is 19.4. The number of hydrogen-bond acceptors (Lipinski definition) is 7. The average molecular weight is 512 g/mol. The molecule has 0 spiro atoms. The summed E-state index contributed by atoms with van der Waals surface area (Å²) in [6.45, 7) is 9.83. The van der Waals surface area contributed by atoms with Gasteiger partial charge < -0.3 is 15.0 Å². The number of aromatic nitrogens is 3. The molecule has 7 nitrogen and oxygen atoms in total. The number of morpholine rings is 1. The normalized spacial score (nSPS) is 17.5. The molecule has 37 heavy (non-hydrogen) atoms. The van der Waals surface area contributed by atoms with Crippen molar-refractivity contribution in [1.82, 2.24) is 20.3 Å². The second-order valence-corrected chi connectivity index (χ2v) is 10.1. The molecule has 1 fully saturated rings. The topological polar surface area (TPSA) is 80.2 Å². The maximum atomic E-state index is 12.7. The fourth-order valence-electron chi connectivity index (χ4n) is 4.48. The largest absolute Gasteiger partial charge is 0.372 e. The van der Waals surface area contributed by atoms with Gasteiger partial charge in [0.1, 0.15) is 5.82 Å². The Morgan fingerprint density at radius 3 is 2.68 bits per heavy atom. The maximum Gasteiger partial charge on any atom is 0.251 e. The first-order valence-corrected chi connectivity index (χ1v) is 13.2. The van der Waals surface area contributed by atoms with Crippen molar-refractivity contribution in [3.8, 4) is 11.4 Å². The zero-order chi connectivity index (χ0) is 25.8. The van der Waals surface area contributed by atoms with Crippen LogP contribution in [0.15, 0.2) is 83.7 Å². The predicted octanol–water partition coefficient (Wildman–Crippen LogP) is 5.47. The van der Waals surface area contributed by atoms with E-state index in [0.717, 1.165) is 51.8 Å². The van der Waals surface area contributed by atoms with Crippen LogP contribution in [0.5, 0.6) is 0 Å². The Labute approximate surface area is 221 Å². The van der Waals surface area contributed by atoms with Crippen LogP contribution in [0, 0.1) is 0 Å². The fourth-order valence-corrected chi connectivity index (χ4v) is 5.03. The van der Waals surface area contributed by atoms with Crippen LogP contribution in [0.3, 0.4) is 0 Å². The van der Waals surface area contributed by atoms with E-state index in [0.29, 0.717) is 12.1 Å². The summed E-state index contributed by atoms with van der Waals surface area (Å²) < 4.78 is 5.87. The summed E-state index contributed by atoms with van der Waals surface area (Å²) in [4.78, 5) is 30.2. The lowest BCUT2D eigenvalue weighted by Crippen LogP contribution is -2.45. The molecule has 4 heterocycles. The van der Waals surface area contributed by atoms with Crippen LogP contribution in [-0.4, -0.2) is 46.2 Å². The minimum Gasteiger partial charge on any atom is -0.372 e.